The van der Waals surface area contributed by atoms with E-state index in [0.717, 1.165) is 50.7 Å². The van der Waals surface area contributed by atoms with Gasteiger partial charge in [-0.15, -0.1) is 11.8 Å². The van der Waals surface area contributed by atoms with Crippen molar-refractivity contribution in [1.29, 1.82) is 0 Å². The Bertz CT molecular complexity index is 955. The lowest BCUT2D eigenvalue weighted by Gasteiger charge is -2.19. The summed E-state index contributed by atoms with van der Waals surface area (Å²) in [6.07, 6.45) is 5.54. The molecule has 32 heavy (non-hydrogen) atoms. The van der Waals surface area contributed by atoms with Crippen LogP contribution in [-0.2, 0) is 13.0 Å². The number of nitrogens with zero attached hydrogens (tertiary/aromatic N) is 3. The van der Waals surface area contributed by atoms with Crippen molar-refractivity contribution in [2.24, 2.45) is 0 Å². The van der Waals surface area contributed by atoms with Gasteiger partial charge in [0.15, 0.2) is 5.65 Å². The Morgan fingerprint density at radius 1 is 1.12 bits per heavy atom. The molecule has 4 nitrogen and oxygen atoms in total. The minimum absolute atomic E-state index is 0.745. The third-order valence-electron chi connectivity index (χ3n) is 4.15. The molecule has 7 heteroatoms. The molecule has 0 saturated heterocycles. The summed E-state index contributed by atoms with van der Waals surface area (Å²) in [5.41, 5.74) is 4.60. The van der Waals surface area contributed by atoms with Gasteiger partial charge in [-0.3, -0.25) is 0 Å². The Hall–Kier alpha value is -1.21. The fraction of sp³-hybridized carbons (Fsp3) is 0.520. The van der Waals surface area contributed by atoms with Crippen molar-refractivity contribution in [1.82, 2.24) is 19.9 Å². The van der Waals surface area contributed by atoms with Crippen LogP contribution in [0.4, 0.5) is 0 Å². The van der Waals surface area contributed by atoms with Crippen LogP contribution in [0.15, 0.2) is 39.1 Å². The van der Waals surface area contributed by atoms with Crippen LogP contribution in [0.5, 0.6) is 0 Å². The first kappa shape index (κ1) is 28.8. The van der Waals surface area contributed by atoms with Crippen molar-refractivity contribution in [3.63, 3.8) is 0 Å². The third kappa shape index (κ3) is 7.68. The van der Waals surface area contributed by atoms with Gasteiger partial charge >= 0.3 is 0 Å². The highest BCUT2D eigenvalue weighted by Gasteiger charge is 2.22. The zero-order chi connectivity index (χ0) is 24.1. The maximum atomic E-state index is 6.14. The molecule has 4 rings (SSSR count). The molecule has 0 atom stereocenters. The summed E-state index contributed by atoms with van der Waals surface area (Å²) in [5, 5.41) is 10.0. The van der Waals surface area contributed by atoms with E-state index in [1.54, 1.807) is 23.5 Å². The molecule has 0 amide bonds. The van der Waals surface area contributed by atoms with Gasteiger partial charge < -0.3 is 5.32 Å². The van der Waals surface area contributed by atoms with E-state index in [1.165, 1.54) is 24.1 Å². The summed E-state index contributed by atoms with van der Waals surface area (Å²) >= 11 is 9.48. The number of aryl methyl sites for hydroxylation is 1. The van der Waals surface area contributed by atoms with Gasteiger partial charge in [-0.05, 0) is 31.4 Å². The zero-order valence-electron chi connectivity index (χ0n) is 20.9. The largest absolute Gasteiger partial charge is 0.312 e. The van der Waals surface area contributed by atoms with Gasteiger partial charge in [0.25, 0.3) is 0 Å². The first-order valence-corrected chi connectivity index (χ1v) is 14.0. The molecule has 178 valence electrons. The number of thioether (sulfide) groups is 1. The van der Waals surface area contributed by atoms with E-state index >= 15 is 0 Å². The molecule has 0 saturated carbocycles. The number of hydrogen-bond donors (Lipinski definition) is 1. The molecule has 2 aromatic heterocycles. The number of benzene rings is 1. The first-order chi connectivity index (χ1) is 15.5. The maximum absolute atomic E-state index is 6.14. The molecule has 3 aromatic rings. The number of rotatable bonds is 3. The number of fused-ring (bicyclic) bond motifs is 3. The molecule has 1 aromatic carbocycles. The normalized spacial score (nSPS) is 11.9. The van der Waals surface area contributed by atoms with Crippen molar-refractivity contribution < 1.29 is 0 Å². The fourth-order valence-electron chi connectivity index (χ4n) is 3.00. The van der Waals surface area contributed by atoms with Crippen LogP contribution >= 0.6 is 35.1 Å². The SMILES string of the molecule is CC.CCC.CCC.CSc1nn2c3c(c(C)nc2c1Sc1cccc(Cl)c1)CNCC3. The average molecular weight is 495 g/mol. The van der Waals surface area contributed by atoms with E-state index in [-0.39, 0.29) is 0 Å². The summed E-state index contributed by atoms with van der Waals surface area (Å²) in [5.74, 6) is 0. The van der Waals surface area contributed by atoms with Gasteiger partial charge in [0, 0.05) is 40.7 Å². The van der Waals surface area contributed by atoms with Gasteiger partial charge in [0.1, 0.15) is 5.03 Å². The fourth-order valence-corrected chi connectivity index (χ4v) is 4.99. The molecule has 3 heterocycles. The van der Waals surface area contributed by atoms with Gasteiger partial charge in [-0.1, -0.05) is 83.8 Å². The molecule has 1 aliphatic heterocycles. The molecular weight excluding hydrogens is 456 g/mol. The summed E-state index contributed by atoms with van der Waals surface area (Å²) in [7, 11) is 0. The van der Waals surface area contributed by atoms with Crippen LogP contribution < -0.4 is 5.32 Å². The molecule has 0 unspecified atom stereocenters. The Balaban J connectivity index is 0.000000567. The zero-order valence-corrected chi connectivity index (χ0v) is 23.3. The van der Waals surface area contributed by atoms with Crippen molar-refractivity contribution in [2.75, 3.05) is 12.8 Å². The first-order valence-electron chi connectivity index (χ1n) is 11.6. The molecule has 0 bridgehead atoms. The van der Waals surface area contributed by atoms with Crippen LogP contribution in [0.25, 0.3) is 5.65 Å². The predicted octanol–water partition coefficient (Wildman–Crippen LogP) is 8.07. The van der Waals surface area contributed by atoms with Crippen molar-refractivity contribution in [3.8, 4) is 0 Å². The molecule has 0 fully saturated rings. The molecule has 1 N–H and O–H groups in total. The lowest BCUT2D eigenvalue weighted by molar-refractivity contribution is 0.603. The predicted molar refractivity (Wildman–Crippen MR) is 144 cm³/mol. The second kappa shape index (κ2) is 15.6. The molecule has 1 aliphatic rings. The summed E-state index contributed by atoms with van der Waals surface area (Å²) in [4.78, 5) is 7.08. The number of hydrogen-bond acceptors (Lipinski definition) is 5. The molecular formula is C25H39ClN4S2. The Kier molecular flexibility index (Phi) is 14.0. The highest BCUT2D eigenvalue weighted by atomic mass is 35.5. The Labute approximate surface area is 208 Å². The van der Waals surface area contributed by atoms with Crippen LogP contribution in [0.1, 0.15) is 71.3 Å². The summed E-state index contributed by atoms with van der Waals surface area (Å²) in [6, 6.07) is 7.92. The molecule has 0 radical (unpaired) electrons. The maximum Gasteiger partial charge on any atom is 0.170 e. The smallest absolute Gasteiger partial charge is 0.170 e. The number of nitrogens with one attached hydrogen (secondary N) is 1. The van der Waals surface area contributed by atoms with Crippen LogP contribution in [0, 0.1) is 6.92 Å². The Morgan fingerprint density at radius 3 is 2.38 bits per heavy atom. The van der Waals surface area contributed by atoms with E-state index in [4.69, 9.17) is 21.7 Å². The standard InChI is InChI=1S/C17H17ClN4S2.2C3H8.C2H6/c1-10-13-9-19-7-6-14(13)22-16(20-10)15(17(21-22)23-2)24-12-5-3-4-11(18)8-12;2*1-3-2;1-2/h3-5,8,19H,6-7,9H2,1-2H3;2*3H2,1-2H3;1-2H3. The quantitative estimate of drug-likeness (QED) is 0.373. The van der Waals surface area contributed by atoms with Gasteiger partial charge in [0.2, 0.25) is 0 Å². The summed E-state index contributed by atoms with van der Waals surface area (Å²) < 4.78 is 2.04. The second-order valence-electron chi connectivity index (χ2n) is 7.10. The number of aromatic nitrogens is 3. The highest BCUT2D eigenvalue weighted by molar-refractivity contribution is 8.02. The highest BCUT2D eigenvalue weighted by Crippen LogP contribution is 2.38. The third-order valence-corrected chi connectivity index (χ3v) is 6.26. The summed E-state index contributed by atoms with van der Waals surface area (Å²) in [6.45, 7) is 16.4. The number of halogens is 1. The van der Waals surface area contributed by atoms with Crippen LogP contribution in [0.2, 0.25) is 5.02 Å². The lowest BCUT2D eigenvalue weighted by Crippen LogP contribution is -2.27. The van der Waals surface area contributed by atoms with Crippen molar-refractivity contribution in [2.45, 2.75) is 89.1 Å². The lowest BCUT2D eigenvalue weighted by atomic mass is 10.1. The van der Waals surface area contributed by atoms with Crippen molar-refractivity contribution >= 4 is 40.8 Å². The van der Waals surface area contributed by atoms with E-state index in [2.05, 4.69) is 52.3 Å². The van der Waals surface area contributed by atoms with Crippen molar-refractivity contribution in [3.05, 3.63) is 46.2 Å². The molecule has 0 aliphatic carbocycles. The second-order valence-corrected chi connectivity index (χ2v) is 9.41. The van der Waals surface area contributed by atoms with Gasteiger partial charge in [-0.2, -0.15) is 5.10 Å². The topological polar surface area (TPSA) is 42.2 Å². The van der Waals surface area contributed by atoms with Gasteiger partial charge in [0.05, 0.1) is 10.6 Å². The van der Waals surface area contributed by atoms with E-state index in [1.807, 2.05) is 36.6 Å². The monoisotopic (exact) mass is 494 g/mol. The van der Waals surface area contributed by atoms with E-state index in [9.17, 15) is 0 Å². The van der Waals surface area contributed by atoms with Crippen LogP contribution in [0.3, 0.4) is 0 Å². The molecule has 0 spiro atoms. The Morgan fingerprint density at radius 2 is 1.78 bits per heavy atom. The van der Waals surface area contributed by atoms with Gasteiger partial charge in [-0.25, -0.2) is 9.50 Å². The van der Waals surface area contributed by atoms with Crippen LogP contribution in [-0.4, -0.2) is 27.4 Å². The van der Waals surface area contributed by atoms with E-state index in [0.29, 0.717) is 0 Å². The van der Waals surface area contributed by atoms with E-state index < -0.39 is 0 Å². The minimum atomic E-state index is 0.745. The average Bonchev–Trinajstić information content (AvgIpc) is 3.14. The minimum Gasteiger partial charge on any atom is -0.312 e.